The van der Waals surface area contributed by atoms with Crippen LogP contribution >= 0.6 is 0 Å². The molecule has 126 valence electrons. The van der Waals surface area contributed by atoms with Gasteiger partial charge in [-0.3, -0.25) is 0 Å². The average molecular weight is 425 g/mol. The van der Waals surface area contributed by atoms with Gasteiger partial charge in [-0.05, 0) is 0 Å². The van der Waals surface area contributed by atoms with E-state index in [0.717, 1.165) is 0 Å². The second-order valence-corrected chi connectivity index (χ2v) is 9.73. The fourth-order valence-corrected chi connectivity index (χ4v) is 7.74. The van der Waals surface area contributed by atoms with Crippen LogP contribution in [0.1, 0.15) is 18.0 Å². The van der Waals surface area contributed by atoms with Crippen LogP contribution in [-0.2, 0) is 3.37 Å². The molecule has 0 bridgehead atoms. The molecule has 3 aromatic carbocycles. The summed E-state index contributed by atoms with van der Waals surface area (Å²) in [6, 6.07) is 11.1. The first kappa shape index (κ1) is 11.7. The van der Waals surface area contributed by atoms with Gasteiger partial charge in [0.05, 0.1) is 0 Å². The van der Waals surface area contributed by atoms with Gasteiger partial charge in [-0.2, -0.15) is 0 Å². The van der Waals surface area contributed by atoms with E-state index in [1.54, 1.807) is 48.5 Å². The van der Waals surface area contributed by atoms with Crippen LogP contribution in [0.3, 0.4) is 0 Å². The summed E-state index contributed by atoms with van der Waals surface area (Å²) in [7, 11) is -4.69. The molecule has 25 heavy (non-hydrogen) atoms. The van der Waals surface area contributed by atoms with Crippen molar-refractivity contribution in [1.82, 2.24) is 0 Å². The third-order valence-electron chi connectivity index (χ3n) is 3.60. The van der Waals surface area contributed by atoms with E-state index in [-0.39, 0.29) is 17.6 Å². The van der Waals surface area contributed by atoms with Crippen molar-refractivity contribution in [2.24, 2.45) is 0 Å². The van der Waals surface area contributed by atoms with E-state index in [9.17, 15) is 14.0 Å². The summed E-state index contributed by atoms with van der Waals surface area (Å²) in [6.07, 6.45) is 0. The van der Waals surface area contributed by atoms with Gasteiger partial charge < -0.3 is 0 Å². The van der Waals surface area contributed by atoms with E-state index in [2.05, 4.69) is 0 Å². The summed E-state index contributed by atoms with van der Waals surface area (Å²) in [5.41, 5.74) is 0.855. The molecule has 0 aliphatic carbocycles. The van der Waals surface area contributed by atoms with Crippen molar-refractivity contribution in [1.29, 1.82) is 0 Å². The van der Waals surface area contributed by atoms with Gasteiger partial charge >= 0.3 is 157 Å². The zero-order valence-electron chi connectivity index (χ0n) is 17.5. The zero-order chi connectivity index (χ0) is 21.8. The van der Waals surface area contributed by atoms with Crippen molar-refractivity contribution in [3.63, 3.8) is 0 Å². The van der Waals surface area contributed by atoms with Gasteiger partial charge in [-0.25, -0.2) is 0 Å². The quantitative estimate of drug-likeness (QED) is 0.500. The van der Waals surface area contributed by atoms with Gasteiger partial charge in [-0.1, -0.05) is 0 Å². The predicted octanol–water partition coefficient (Wildman–Crippen LogP) is -1.11. The van der Waals surface area contributed by atoms with E-state index in [1.165, 1.54) is 0 Å². The maximum absolute atomic E-state index is 11.4. The van der Waals surface area contributed by atoms with E-state index in [1.807, 2.05) is 0 Å². The average Bonchev–Trinajstić information content (AvgIpc) is 2.71. The van der Waals surface area contributed by atoms with Crippen LogP contribution in [0.5, 0.6) is 0 Å². The summed E-state index contributed by atoms with van der Waals surface area (Å²) in [5.74, 6) is 0. The molecule has 0 N–H and O–H groups in total. The van der Waals surface area contributed by atoms with Crippen molar-refractivity contribution in [3.8, 4) is 0 Å². The number of hydrogen-bond acceptors (Lipinski definition) is 4. The fraction of sp³-hybridized carbons (Fsp3) is 0. The molecule has 6 heteroatoms. The third-order valence-corrected chi connectivity index (χ3v) is 8.82. The Balaban J connectivity index is 2.25. The third kappa shape index (κ3) is 3.19. The van der Waals surface area contributed by atoms with Gasteiger partial charge in [0.2, 0.25) is 0 Å². The van der Waals surface area contributed by atoms with Crippen molar-refractivity contribution in [3.05, 3.63) is 99.2 Å². The molecule has 0 spiro atoms. The number of benzene rings is 3. The Labute approximate surface area is 157 Å². The van der Waals surface area contributed by atoms with Gasteiger partial charge in [-0.15, -0.1) is 0 Å². The summed E-state index contributed by atoms with van der Waals surface area (Å²) >= 11 is -2.79. The Bertz CT molecular complexity index is 1290. The molecule has 0 saturated carbocycles. The first-order valence-corrected chi connectivity index (χ1v) is 10.7. The van der Waals surface area contributed by atoms with Crippen LogP contribution < -0.4 is 23.7 Å². The molecule has 3 aromatic rings. The monoisotopic (exact) mass is 425 g/mol. The van der Waals surface area contributed by atoms with Crippen LogP contribution in [0.4, 0.5) is 0 Å². The molecule has 4 nitrogen and oxygen atoms in total. The second-order valence-electron chi connectivity index (χ2n) is 5.08. The van der Waals surface area contributed by atoms with Gasteiger partial charge in [0.25, 0.3) is 0 Å². The van der Waals surface area contributed by atoms with E-state index in [0.29, 0.717) is 24.9 Å². The SMILES string of the molecule is [2H]c1c([2H])c([2H])c(C2=c3ccccc3=[Se](O[Cl+3]([O-])([O-])[O-])c3ccccc32)c([2H])c1[2H]. The molecule has 0 amide bonds. The molecule has 0 fully saturated rings. The van der Waals surface area contributed by atoms with Crippen molar-refractivity contribution < 1.29 is 34.4 Å². The number of halogens is 1. The molecule has 1 heterocycles. The molecule has 1 unspecified atom stereocenters. The van der Waals surface area contributed by atoms with Crippen LogP contribution in [0.15, 0.2) is 78.7 Å². The van der Waals surface area contributed by atoms with E-state index in [4.69, 9.17) is 10.2 Å². The molecule has 1 atom stereocenters. The van der Waals surface area contributed by atoms with Crippen molar-refractivity contribution >= 4 is 23.8 Å². The Hall–Kier alpha value is -1.82. The first-order chi connectivity index (χ1) is 14.1. The Morgan fingerprint density at radius 2 is 1.56 bits per heavy atom. The summed E-state index contributed by atoms with van der Waals surface area (Å²) in [5, 5.41) is 0.471. The zero-order valence-corrected chi connectivity index (χ0v) is 15.0. The molecular formula is C19H13ClO4Se. The predicted molar refractivity (Wildman–Crippen MR) is 85.9 cm³/mol. The molecule has 0 radical (unpaired) electrons. The van der Waals surface area contributed by atoms with Crippen molar-refractivity contribution in [2.45, 2.75) is 0 Å². The first-order valence-electron chi connectivity index (χ1n) is 9.60. The normalized spacial score (nSPS) is 19.1. The van der Waals surface area contributed by atoms with Crippen LogP contribution in [0, 0.1) is 14.3 Å². The molecular weight excluding hydrogens is 407 g/mol. The molecule has 4 rings (SSSR count). The maximum atomic E-state index is 11.4. The van der Waals surface area contributed by atoms with Crippen molar-refractivity contribution in [2.75, 3.05) is 0 Å². The van der Waals surface area contributed by atoms with Gasteiger partial charge in [0.1, 0.15) is 0 Å². The summed E-state index contributed by atoms with van der Waals surface area (Å²) in [4.78, 5) is 0. The topological polar surface area (TPSA) is 78.4 Å². The Morgan fingerprint density at radius 1 is 0.880 bits per heavy atom. The van der Waals surface area contributed by atoms with Crippen LogP contribution in [0.25, 0.3) is 5.57 Å². The Kier molecular flexibility index (Phi) is 3.04. The Morgan fingerprint density at radius 3 is 2.32 bits per heavy atom. The van der Waals surface area contributed by atoms with Gasteiger partial charge in [0.15, 0.2) is 0 Å². The molecule has 0 aromatic heterocycles. The number of rotatable bonds is 3. The second kappa shape index (κ2) is 6.48. The minimum atomic E-state index is -4.69. The standard InChI is InChI=1S/C19H13ClO4Se/c21-20(22,23)24-25-17-12-6-4-10-15(17)19(14-8-2-1-3-9-14)16-11-5-7-13-18(16)25/h1-13H/i1D,2D,3D,8D,9D. The summed E-state index contributed by atoms with van der Waals surface area (Å²) in [6.45, 7) is 0. The summed E-state index contributed by atoms with van der Waals surface area (Å²) < 4.78 is 80.7. The van der Waals surface area contributed by atoms with Crippen LogP contribution in [-0.4, -0.2) is 13.8 Å². The molecule has 1 aliphatic rings. The van der Waals surface area contributed by atoms with Gasteiger partial charge in [0, 0.05) is 0 Å². The molecule has 0 saturated heterocycles. The van der Waals surface area contributed by atoms with Crippen LogP contribution in [0.2, 0.25) is 0 Å². The number of fused-ring (bicyclic) bond motifs is 2. The van der Waals surface area contributed by atoms with E-state index < -0.39 is 42.2 Å². The molecule has 1 aliphatic heterocycles. The van der Waals surface area contributed by atoms with E-state index >= 15 is 0 Å². The fourth-order valence-electron chi connectivity index (χ4n) is 2.72. The number of hydrogen-bond donors (Lipinski definition) is 0. The minimum absolute atomic E-state index is 0.00785.